The fourth-order valence-electron chi connectivity index (χ4n) is 1.69. The van der Waals surface area contributed by atoms with Crippen molar-refractivity contribution in [3.8, 4) is 0 Å². The molecule has 18 heavy (non-hydrogen) atoms. The highest BCUT2D eigenvalue weighted by atomic mass is 127. The summed E-state index contributed by atoms with van der Waals surface area (Å²) in [5.41, 5.74) is 2.33. The van der Waals surface area contributed by atoms with Crippen LogP contribution in [0, 0.1) is 9.39 Å². The molecular formula is C14H10Br2FI. The zero-order valence-corrected chi connectivity index (χ0v) is 14.7. The molecular weight excluding hydrogens is 474 g/mol. The van der Waals surface area contributed by atoms with Gasteiger partial charge in [0.1, 0.15) is 5.82 Å². The molecule has 4 heteroatoms. The van der Waals surface area contributed by atoms with Crippen LogP contribution in [0.3, 0.4) is 0 Å². The SMILES string of the molecule is Fc1ccc(CC(Br)c2cc(I)ccc2Br)cc1. The molecule has 0 amide bonds. The first-order valence-corrected chi connectivity index (χ1v) is 8.18. The van der Waals surface area contributed by atoms with Crippen LogP contribution in [-0.2, 0) is 6.42 Å². The van der Waals surface area contributed by atoms with Gasteiger partial charge in [0.15, 0.2) is 0 Å². The molecule has 2 aromatic rings. The van der Waals surface area contributed by atoms with Gasteiger partial charge in [-0.3, -0.25) is 0 Å². The zero-order valence-electron chi connectivity index (χ0n) is 9.34. The molecule has 0 aliphatic carbocycles. The summed E-state index contributed by atoms with van der Waals surface area (Å²) in [6.45, 7) is 0. The maximum absolute atomic E-state index is 12.8. The molecule has 94 valence electrons. The molecule has 0 radical (unpaired) electrons. The van der Waals surface area contributed by atoms with Crippen LogP contribution in [0.5, 0.6) is 0 Å². The number of benzene rings is 2. The Bertz CT molecular complexity index is 540. The van der Waals surface area contributed by atoms with Crippen molar-refractivity contribution >= 4 is 54.5 Å². The molecule has 1 atom stereocenters. The van der Waals surface area contributed by atoms with E-state index in [4.69, 9.17) is 0 Å². The summed E-state index contributed by atoms with van der Waals surface area (Å²) in [7, 11) is 0. The molecule has 0 nitrogen and oxygen atoms in total. The van der Waals surface area contributed by atoms with Crippen LogP contribution in [0.4, 0.5) is 4.39 Å². The first kappa shape index (κ1) is 14.5. The molecule has 2 rings (SSSR count). The van der Waals surface area contributed by atoms with E-state index in [9.17, 15) is 4.39 Å². The normalized spacial score (nSPS) is 12.4. The number of rotatable bonds is 3. The van der Waals surface area contributed by atoms with Gasteiger partial charge in [-0.2, -0.15) is 0 Å². The second kappa shape index (κ2) is 6.48. The molecule has 0 fully saturated rings. The minimum Gasteiger partial charge on any atom is -0.207 e. The van der Waals surface area contributed by atoms with Crippen LogP contribution in [0.1, 0.15) is 16.0 Å². The quantitative estimate of drug-likeness (QED) is 0.378. The minimum atomic E-state index is -0.194. The van der Waals surface area contributed by atoms with E-state index in [0.717, 1.165) is 16.5 Å². The molecule has 0 bridgehead atoms. The van der Waals surface area contributed by atoms with Gasteiger partial charge in [-0.25, -0.2) is 4.39 Å². The highest BCUT2D eigenvalue weighted by molar-refractivity contribution is 14.1. The van der Waals surface area contributed by atoms with Crippen molar-refractivity contribution in [2.75, 3.05) is 0 Å². The predicted octanol–water partition coefficient (Wildman–Crippen LogP) is 5.87. The second-order valence-corrected chi connectivity index (χ2v) is 7.17. The Morgan fingerprint density at radius 2 is 1.78 bits per heavy atom. The topological polar surface area (TPSA) is 0 Å². The number of hydrogen-bond acceptors (Lipinski definition) is 0. The predicted molar refractivity (Wildman–Crippen MR) is 88.6 cm³/mol. The fourth-order valence-corrected chi connectivity index (χ4v) is 3.79. The monoisotopic (exact) mass is 482 g/mol. The van der Waals surface area contributed by atoms with E-state index in [1.165, 1.54) is 21.3 Å². The fraction of sp³-hybridized carbons (Fsp3) is 0.143. The number of alkyl halides is 1. The molecule has 0 aliphatic rings. The molecule has 0 N–H and O–H groups in total. The number of halogens is 4. The lowest BCUT2D eigenvalue weighted by Gasteiger charge is -2.13. The third-order valence-corrected chi connectivity index (χ3v) is 4.83. The van der Waals surface area contributed by atoms with E-state index in [0.29, 0.717) is 0 Å². The lowest BCUT2D eigenvalue weighted by Crippen LogP contribution is -1.97. The van der Waals surface area contributed by atoms with Gasteiger partial charge in [0.25, 0.3) is 0 Å². The van der Waals surface area contributed by atoms with Crippen LogP contribution in [0.2, 0.25) is 0 Å². The molecule has 1 unspecified atom stereocenters. The Kier molecular flexibility index (Phi) is 5.21. The first-order valence-electron chi connectivity index (χ1n) is 5.40. The van der Waals surface area contributed by atoms with Crippen molar-refractivity contribution in [1.82, 2.24) is 0 Å². The van der Waals surface area contributed by atoms with E-state index in [1.807, 2.05) is 12.1 Å². The van der Waals surface area contributed by atoms with Crippen molar-refractivity contribution < 1.29 is 4.39 Å². The summed E-state index contributed by atoms with van der Waals surface area (Å²) in [5.74, 6) is -0.194. The van der Waals surface area contributed by atoms with Gasteiger partial charge in [0.05, 0.1) is 0 Å². The van der Waals surface area contributed by atoms with Crippen LogP contribution in [0.25, 0.3) is 0 Å². The summed E-state index contributed by atoms with van der Waals surface area (Å²) >= 11 is 9.56. The highest BCUT2D eigenvalue weighted by Crippen LogP contribution is 2.33. The molecule has 0 spiro atoms. The van der Waals surface area contributed by atoms with Crippen LogP contribution in [0.15, 0.2) is 46.9 Å². The molecule has 0 saturated carbocycles. The van der Waals surface area contributed by atoms with E-state index in [1.54, 1.807) is 0 Å². The van der Waals surface area contributed by atoms with E-state index in [-0.39, 0.29) is 10.6 Å². The van der Waals surface area contributed by atoms with Gasteiger partial charge in [-0.1, -0.05) is 44.0 Å². The van der Waals surface area contributed by atoms with E-state index < -0.39 is 0 Å². The van der Waals surface area contributed by atoms with Crippen LogP contribution in [-0.4, -0.2) is 0 Å². The lowest BCUT2D eigenvalue weighted by atomic mass is 10.0. The Balaban J connectivity index is 2.18. The van der Waals surface area contributed by atoms with Gasteiger partial charge >= 0.3 is 0 Å². The third-order valence-electron chi connectivity index (χ3n) is 2.62. The summed E-state index contributed by atoms with van der Waals surface area (Å²) in [6, 6.07) is 12.9. The summed E-state index contributed by atoms with van der Waals surface area (Å²) in [6.07, 6.45) is 0.832. The second-order valence-electron chi connectivity index (χ2n) is 3.96. The third kappa shape index (κ3) is 3.78. The minimum absolute atomic E-state index is 0.194. The Hall–Kier alpha value is 0.0600. The maximum atomic E-state index is 12.8. The van der Waals surface area contributed by atoms with Gasteiger partial charge in [0, 0.05) is 12.9 Å². The smallest absolute Gasteiger partial charge is 0.123 e. The molecule has 0 saturated heterocycles. The van der Waals surface area contributed by atoms with Gasteiger partial charge in [0.2, 0.25) is 0 Å². The molecule has 2 aromatic carbocycles. The summed E-state index contributed by atoms with van der Waals surface area (Å²) in [4.78, 5) is 0.215. The molecule has 0 aliphatic heterocycles. The Labute approximate surface area is 136 Å². The summed E-state index contributed by atoms with van der Waals surface area (Å²) < 4.78 is 15.1. The van der Waals surface area contributed by atoms with Crippen LogP contribution >= 0.6 is 54.5 Å². The largest absolute Gasteiger partial charge is 0.207 e. The van der Waals surface area contributed by atoms with Gasteiger partial charge in [-0.05, 0) is 70.5 Å². The Morgan fingerprint density at radius 3 is 2.44 bits per heavy atom. The van der Waals surface area contributed by atoms with Crippen molar-refractivity contribution in [2.45, 2.75) is 11.2 Å². The standard InChI is InChI=1S/C14H10Br2FI/c15-13-6-5-11(18)8-12(13)14(16)7-9-1-3-10(17)4-2-9/h1-6,8,14H,7H2. The molecule has 0 heterocycles. The van der Waals surface area contributed by atoms with Crippen molar-refractivity contribution in [2.24, 2.45) is 0 Å². The number of hydrogen-bond donors (Lipinski definition) is 0. The average Bonchev–Trinajstić information content (AvgIpc) is 2.35. The maximum Gasteiger partial charge on any atom is 0.123 e. The van der Waals surface area contributed by atoms with E-state index >= 15 is 0 Å². The highest BCUT2D eigenvalue weighted by Gasteiger charge is 2.12. The van der Waals surface area contributed by atoms with Crippen molar-refractivity contribution in [3.63, 3.8) is 0 Å². The van der Waals surface area contributed by atoms with Gasteiger partial charge < -0.3 is 0 Å². The summed E-state index contributed by atoms with van der Waals surface area (Å²) in [5, 5.41) is 0. The Morgan fingerprint density at radius 1 is 1.11 bits per heavy atom. The van der Waals surface area contributed by atoms with Gasteiger partial charge in [-0.15, -0.1) is 0 Å². The van der Waals surface area contributed by atoms with Crippen molar-refractivity contribution in [1.29, 1.82) is 0 Å². The first-order chi connectivity index (χ1) is 8.56. The zero-order chi connectivity index (χ0) is 13.1. The lowest BCUT2D eigenvalue weighted by molar-refractivity contribution is 0.627. The van der Waals surface area contributed by atoms with Crippen LogP contribution < -0.4 is 0 Å². The van der Waals surface area contributed by atoms with E-state index in [2.05, 4.69) is 72.6 Å². The van der Waals surface area contributed by atoms with Crippen molar-refractivity contribution in [3.05, 3.63) is 67.5 Å². The average molecular weight is 484 g/mol. The molecule has 0 aromatic heterocycles.